The van der Waals surface area contributed by atoms with Gasteiger partial charge < -0.3 is 14.6 Å². The van der Waals surface area contributed by atoms with E-state index < -0.39 is 27.5 Å². The number of aromatic nitrogens is 1. The monoisotopic (exact) mass is 509 g/mol. The zero-order valence-electron chi connectivity index (χ0n) is 19.7. The van der Waals surface area contributed by atoms with E-state index >= 15 is 0 Å². The Bertz CT molecular complexity index is 1490. The first-order valence-corrected chi connectivity index (χ1v) is 12.8. The van der Waals surface area contributed by atoms with Gasteiger partial charge >= 0.3 is 0 Å². The summed E-state index contributed by atoms with van der Waals surface area (Å²) in [5, 5.41) is 3.47. The third-order valence-corrected chi connectivity index (χ3v) is 7.46. The largest absolute Gasteiger partial charge is 0.449 e. The molecule has 1 N–H and O–H groups in total. The molecule has 0 aliphatic heterocycles. The highest BCUT2D eigenvalue weighted by Gasteiger charge is 2.22. The Morgan fingerprint density at radius 1 is 1.00 bits per heavy atom. The van der Waals surface area contributed by atoms with Crippen molar-refractivity contribution in [1.82, 2.24) is 15.2 Å². The third kappa shape index (κ3) is 5.13. The first kappa shape index (κ1) is 25.1. The van der Waals surface area contributed by atoms with Gasteiger partial charge in [-0.3, -0.25) is 14.6 Å². The molecule has 4 aromatic rings. The Hall–Kier alpha value is -4.05. The Labute approximate surface area is 207 Å². The maximum Gasteiger partial charge on any atom is 0.287 e. The fraction of sp³-hybridized carbons (Fsp3) is 0.192. The molecular formula is C26H24FN3O5S. The molecule has 0 saturated heterocycles. The molecule has 0 radical (unpaired) electrons. The molecule has 0 spiro atoms. The molecule has 0 saturated carbocycles. The normalized spacial score (nSPS) is 11.4. The second-order valence-electron chi connectivity index (χ2n) is 8.01. The van der Waals surface area contributed by atoms with Crippen LogP contribution in [-0.4, -0.2) is 43.2 Å². The lowest BCUT2D eigenvalue weighted by Crippen LogP contribution is -2.30. The van der Waals surface area contributed by atoms with E-state index in [1.165, 1.54) is 29.3 Å². The summed E-state index contributed by atoms with van der Waals surface area (Å²) in [6.07, 6.45) is 3.12. The van der Waals surface area contributed by atoms with Crippen LogP contribution in [0.15, 0.2) is 81.2 Å². The van der Waals surface area contributed by atoms with Crippen molar-refractivity contribution in [3.8, 4) is 0 Å². The standard InChI is InChI=1S/C26H24FN3O5S/c1-3-30(4-2)26(32)19-11-20(27)14-22(12-19)36(33,34)21-7-5-17(6-8-21)15-29-25(31)23-13-18-9-10-28-16-24(18)35-23/h5-14,16H,3-4,15H2,1-2H3,(H,29,31). The number of halogens is 1. The van der Waals surface area contributed by atoms with Crippen LogP contribution < -0.4 is 5.32 Å². The lowest BCUT2D eigenvalue weighted by molar-refractivity contribution is 0.0772. The van der Waals surface area contributed by atoms with Gasteiger partial charge in [-0.2, -0.15) is 0 Å². The number of furan rings is 1. The van der Waals surface area contributed by atoms with Gasteiger partial charge in [-0.15, -0.1) is 0 Å². The van der Waals surface area contributed by atoms with Crippen molar-refractivity contribution in [2.45, 2.75) is 30.2 Å². The number of nitrogens with one attached hydrogen (secondary N) is 1. The van der Waals surface area contributed by atoms with E-state index in [-0.39, 0.29) is 27.7 Å². The highest BCUT2D eigenvalue weighted by molar-refractivity contribution is 7.91. The van der Waals surface area contributed by atoms with E-state index in [9.17, 15) is 22.4 Å². The summed E-state index contributed by atoms with van der Waals surface area (Å²) in [5.74, 6) is -1.54. The predicted octanol–water partition coefficient (Wildman–Crippen LogP) is 4.21. The van der Waals surface area contributed by atoms with E-state index in [0.717, 1.165) is 17.5 Å². The zero-order valence-corrected chi connectivity index (χ0v) is 20.5. The Kier molecular flexibility index (Phi) is 7.16. The molecule has 2 heterocycles. The summed E-state index contributed by atoms with van der Waals surface area (Å²) < 4.78 is 46.0. The number of hydrogen-bond acceptors (Lipinski definition) is 6. The van der Waals surface area contributed by atoms with Crippen molar-refractivity contribution in [3.63, 3.8) is 0 Å². The second kappa shape index (κ2) is 10.3. The van der Waals surface area contributed by atoms with Crippen LogP contribution in [0.3, 0.4) is 0 Å². The number of carbonyl (C=O) groups is 2. The van der Waals surface area contributed by atoms with Crippen LogP contribution >= 0.6 is 0 Å². The number of hydrogen-bond donors (Lipinski definition) is 1. The zero-order chi connectivity index (χ0) is 25.9. The Morgan fingerprint density at radius 3 is 2.39 bits per heavy atom. The van der Waals surface area contributed by atoms with Crippen LogP contribution in [-0.2, 0) is 16.4 Å². The number of fused-ring (bicyclic) bond motifs is 1. The van der Waals surface area contributed by atoms with E-state index in [1.807, 2.05) is 0 Å². The molecule has 0 aliphatic rings. The number of rotatable bonds is 8. The molecule has 0 atom stereocenters. The molecule has 0 unspecified atom stereocenters. The summed E-state index contributed by atoms with van der Waals surface area (Å²) in [6.45, 7) is 4.54. The van der Waals surface area contributed by atoms with Gasteiger partial charge in [0, 0.05) is 36.8 Å². The molecule has 2 aromatic heterocycles. The quantitative estimate of drug-likeness (QED) is 0.381. The average molecular weight is 510 g/mol. The van der Waals surface area contributed by atoms with Crippen molar-refractivity contribution in [3.05, 3.63) is 89.7 Å². The minimum Gasteiger partial charge on any atom is -0.449 e. The molecule has 0 aliphatic carbocycles. The van der Waals surface area contributed by atoms with Crippen LogP contribution in [0.1, 0.15) is 40.3 Å². The minimum atomic E-state index is -4.08. The summed E-state index contributed by atoms with van der Waals surface area (Å²) >= 11 is 0. The summed E-state index contributed by atoms with van der Waals surface area (Å²) in [6, 6.07) is 12.3. The molecule has 0 bridgehead atoms. The number of amides is 2. The molecule has 2 amide bonds. The van der Waals surface area contributed by atoms with Gasteiger partial charge in [-0.25, -0.2) is 12.8 Å². The average Bonchev–Trinajstić information content (AvgIpc) is 3.32. The van der Waals surface area contributed by atoms with E-state index in [4.69, 9.17) is 4.42 Å². The maximum absolute atomic E-state index is 14.3. The SMILES string of the molecule is CCN(CC)C(=O)c1cc(F)cc(S(=O)(=O)c2ccc(CNC(=O)c3cc4ccncc4o3)cc2)c1. The number of nitrogens with zero attached hydrogens (tertiary/aromatic N) is 2. The maximum atomic E-state index is 14.3. The highest BCUT2D eigenvalue weighted by Crippen LogP contribution is 2.24. The van der Waals surface area contributed by atoms with Gasteiger partial charge in [0.05, 0.1) is 16.0 Å². The minimum absolute atomic E-state index is 0.0297. The van der Waals surface area contributed by atoms with Gasteiger partial charge in [0.2, 0.25) is 9.84 Å². The third-order valence-electron chi connectivity index (χ3n) is 5.71. The van der Waals surface area contributed by atoms with Crippen molar-refractivity contribution in [2.24, 2.45) is 0 Å². The van der Waals surface area contributed by atoms with Crippen molar-refractivity contribution >= 4 is 32.6 Å². The van der Waals surface area contributed by atoms with E-state index in [2.05, 4.69) is 10.3 Å². The van der Waals surface area contributed by atoms with Gasteiger partial charge in [-0.1, -0.05) is 12.1 Å². The molecule has 186 valence electrons. The lowest BCUT2D eigenvalue weighted by Gasteiger charge is -2.19. The van der Waals surface area contributed by atoms with Crippen molar-refractivity contribution in [1.29, 1.82) is 0 Å². The molecule has 36 heavy (non-hydrogen) atoms. The molecule has 10 heteroatoms. The predicted molar refractivity (Wildman–Crippen MR) is 131 cm³/mol. The summed E-state index contributed by atoms with van der Waals surface area (Å²) in [4.78, 5) is 30.1. The van der Waals surface area contributed by atoms with Gasteiger partial charge in [0.15, 0.2) is 11.3 Å². The Morgan fingerprint density at radius 2 is 1.72 bits per heavy atom. The smallest absolute Gasteiger partial charge is 0.287 e. The Balaban J connectivity index is 1.49. The van der Waals surface area contributed by atoms with Gasteiger partial charge in [0.25, 0.3) is 11.8 Å². The number of carbonyl (C=O) groups excluding carboxylic acids is 2. The molecule has 0 fully saturated rings. The topological polar surface area (TPSA) is 110 Å². The van der Waals surface area contributed by atoms with Gasteiger partial charge in [-0.05, 0) is 61.9 Å². The second-order valence-corrected chi connectivity index (χ2v) is 9.96. The van der Waals surface area contributed by atoms with Crippen LogP contribution in [0.5, 0.6) is 0 Å². The van der Waals surface area contributed by atoms with E-state index in [0.29, 0.717) is 24.2 Å². The van der Waals surface area contributed by atoms with Crippen molar-refractivity contribution in [2.75, 3.05) is 13.1 Å². The molecule has 8 nitrogen and oxygen atoms in total. The number of benzene rings is 2. The van der Waals surface area contributed by atoms with Crippen LogP contribution in [0, 0.1) is 5.82 Å². The number of sulfone groups is 1. The van der Waals surface area contributed by atoms with E-state index in [1.54, 1.807) is 44.3 Å². The first-order chi connectivity index (χ1) is 17.2. The van der Waals surface area contributed by atoms with Gasteiger partial charge in [0.1, 0.15) is 5.82 Å². The molecular weight excluding hydrogens is 485 g/mol. The summed E-state index contributed by atoms with van der Waals surface area (Å²) in [7, 11) is -4.08. The van der Waals surface area contributed by atoms with Crippen LogP contribution in [0.4, 0.5) is 4.39 Å². The number of pyridine rings is 1. The molecule has 4 rings (SSSR count). The fourth-order valence-electron chi connectivity index (χ4n) is 3.72. The van der Waals surface area contributed by atoms with Crippen LogP contribution in [0.2, 0.25) is 0 Å². The van der Waals surface area contributed by atoms with Crippen molar-refractivity contribution < 1.29 is 26.8 Å². The van der Waals surface area contributed by atoms with Crippen LogP contribution in [0.25, 0.3) is 11.0 Å². The first-order valence-electron chi connectivity index (χ1n) is 11.3. The lowest BCUT2D eigenvalue weighted by atomic mass is 10.2. The fourth-order valence-corrected chi connectivity index (χ4v) is 5.04. The highest BCUT2D eigenvalue weighted by atomic mass is 32.2. The molecule has 2 aromatic carbocycles. The summed E-state index contributed by atoms with van der Waals surface area (Å²) in [5.41, 5.74) is 1.12.